The molecule has 2 fully saturated rings. The molecular formula is C15H21N3O4S. The fraction of sp³-hybridized carbons (Fsp3) is 0.667. The number of carbonyl (C=O) groups is 2. The van der Waals surface area contributed by atoms with E-state index in [1.807, 2.05) is 11.8 Å². The Labute approximate surface area is 138 Å². The maximum Gasteiger partial charge on any atom is 0.353 e. The number of nitrogens with one attached hydrogen (secondary N) is 1. The van der Waals surface area contributed by atoms with Crippen LogP contribution in [0.1, 0.15) is 20.3 Å². The lowest BCUT2D eigenvalue weighted by atomic mass is 9.79. The third-order valence-electron chi connectivity index (χ3n) is 4.96. The second kappa shape index (κ2) is 5.83. The number of thioether (sulfide) groups is 1. The Balaban J connectivity index is 1.85. The van der Waals surface area contributed by atoms with E-state index in [0.717, 1.165) is 24.4 Å². The Morgan fingerprint density at radius 3 is 2.74 bits per heavy atom. The van der Waals surface area contributed by atoms with Crippen LogP contribution in [-0.4, -0.2) is 68.7 Å². The Morgan fingerprint density at radius 2 is 2.22 bits per heavy atom. The lowest BCUT2D eigenvalue weighted by Gasteiger charge is -2.46. The van der Waals surface area contributed by atoms with Crippen molar-refractivity contribution in [2.45, 2.75) is 37.7 Å². The highest BCUT2D eigenvalue weighted by Crippen LogP contribution is 2.51. The van der Waals surface area contributed by atoms with Crippen molar-refractivity contribution in [1.29, 1.82) is 5.41 Å². The van der Waals surface area contributed by atoms with Crippen molar-refractivity contribution in [3.8, 4) is 0 Å². The van der Waals surface area contributed by atoms with Crippen molar-refractivity contribution in [2.75, 3.05) is 13.1 Å². The van der Waals surface area contributed by atoms with Crippen molar-refractivity contribution in [3.05, 3.63) is 10.6 Å². The summed E-state index contributed by atoms with van der Waals surface area (Å²) in [5, 5.41) is 26.9. The Morgan fingerprint density at radius 1 is 1.52 bits per heavy atom. The van der Waals surface area contributed by atoms with E-state index in [2.05, 4.69) is 0 Å². The van der Waals surface area contributed by atoms with E-state index in [9.17, 15) is 19.8 Å². The minimum Gasteiger partial charge on any atom is -0.477 e. The molecule has 3 N–H and O–H groups in total. The van der Waals surface area contributed by atoms with Gasteiger partial charge in [0.25, 0.3) is 0 Å². The Hall–Kier alpha value is -1.54. The number of likely N-dealkylation sites (tertiary alicyclic amines) is 1. The molecule has 0 spiro atoms. The van der Waals surface area contributed by atoms with E-state index in [4.69, 9.17) is 5.41 Å². The minimum atomic E-state index is -1.08. The molecule has 0 saturated carbocycles. The van der Waals surface area contributed by atoms with Gasteiger partial charge in [-0.05, 0) is 13.3 Å². The van der Waals surface area contributed by atoms with Gasteiger partial charge >= 0.3 is 5.97 Å². The van der Waals surface area contributed by atoms with Gasteiger partial charge in [-0.3, -0.25) is 10.2 Å². The molecule has 0 aromatic heterocycles. The highest BCUT2D eigenvalue weighted by Gasteiger charge is 2.60. The first-order valence-electron chi connectivity index (χ1n) is 7.76. The SMILES string of the molecule is CC(O)C1C(=O)N2C(C(=O)O)=C(SC3CCN(C=N)C3)C(C)[C@H]12. The average Bonchev–Trinajstić information content (AvgIpc) is 3.02. The summed E-state index contributed by atoms with van der Waals surface area (Å²) in [7, 11) is 0. The zero-order valence-corrected chi connectivity index (χ0v) is 13.9. The monoisotopic (exact) mass is 339 g/mol. The van der Waals surface area contributed by atoms with Gasteiger partial charge in [-0.2, -0.15) is 0 Å². The summed E-state index contributed by atoms with van der Waals surface area (Å²) >= 11 is 1.52. The van der Waals surface area contributed by atoms with E-state index in [0.29, 0.717) is 0 Å². The Kier molecular flexibility index (Phi) is 4.14. The first-order valence-corrected chi connectivity index (χ1v) is 8.64. The van der Waals surface area contributed by atoms with Gasteiger partial charge in [0.15, 0.2) is 0 Å². The fourth-order valence-corrected chi connectivity index (χ4v) is 5.33. The van der Waals surface area contributed by atoms with Crippen LogP contribution in [0.5, 0.6) is 0 Å². The van der Waals surface area contributed by atoms with Gasteiger partial charge < -0.3 is 20.0 Å². The maximum absolute atomic E-state index is 12.2. The third-order valence-corrected chi connectivity index (χ3v) is 6.50. The largest absolute Gasteiger partial charge is 0.477 e. The predicted molar refractivity (Wildman–Crippen MR) is 86.0 cm³/mol. The van der Waals surface area contributed by atoms with Gasteiger partial charge in [0.05, 0.1) is 24.4 Å². The van der Waals surface area contributed by atoms with Crippen molar-refractivity contribution >= 4 is 30.0 Å². The maximum atomic E-state index is 12.2. The molecule has 5 atom stereocenters. The van der Waals surface area contributed by atoms with Crippen molar-refractivity contribution in [1.82, 2.24) is 9.80 Å². The van der Waals surface area contributed by atoms with E-state index >= 15 is 0 Å². The van der Waals surface area contributed by atoms with Crippen LogP contribution in [0.2, 0.25) is 0 Å². The predicted octanol–water partition coefficient (Wildman–Crippen LogP) is 0.555. The van der Waals surface area contributed by atoms with Gasteiger partial charge in [-0.25, -0.2) is 4.79 Å². The summed E-state index contributed by atoms with van der Waals surface area (Å²) in [6.07, 6.45) is 1.43. The lowest BCUT2D eigenvalue weighted by molar-refractivity contribution is -0.163. The van der Waals surface area contributed by atoms with Crippen LogP contribution in [0, 0.1) is 17.2 Å². The van der Waals surface area contributed by atoms with Crippen molar-refractivity contribution in [3.63, 3.8) is 0 Å². The molecule has 0 aliphatic carbocycles. The average molecular weight is 339 g/mol. The third kappa shape index (κ3) is 2.44. The molecule has 2 saturated heterocycles. The number of fused-ring (bicyclic) bond motifs is 1. The summed E-state index contributed by atoms with van der Waals surface area (Å²) in [6.45, 7) is 5.03. The summed E-state index contributed by atoms with van der Waals surface area (Å²) in [6, 6.07) is -0.253. The van der Waals surface area contributed by atoms with Gasteiger partial charge in [-0.15, -0.1) is 11.8 Å². The second-order valence-electron chi connectivity index (χ2n) is 6.42. The zero-order chi connectivity index (χ0) is 16.9. The number of hydrogen-bond acceptors (Lipinski definition) is 5. The number of hydrogen-bond donors (Lipinski definition) is 3. The quantitative estimate of drug-likeness (QED) is 0.384. The van der Waals surface area contributed by atoms with Crippen LogP contribution in [-0.2, 0) is 9.59 Å². The topological polar surface area (TPSA) is 105 Å². The smallest absolute Gasteiger partial charge is 0.353 e. The minimum absolute atomic E-state index is 0.0857. The molecular weight excluding hydrogens is 318 g/mol. The first kappa shape index (κ1) is 16.3. The van der Waals surface area contributed by atoms with E-state index < -0.39 is 18.0 Å². The summed E-state index contributed by atoms with van der Waals surface area (Å²) in [5.41, 5.74) is 0.0858. The molecule has 0 radical (unpaired) electrons. The highest BCUT2D eigenvalue weighted by atomic mass is 32.2. The van der Waals surface area contributed by atoms with E-state index in [1.165, 1.54) is 23.0 Å². The molecule has 1 amide bonds. The van der Waals surface area contributed by atoms with E-state index in [-0.39, 0.29) is 28.8 Å². The molecule has 8 heteroatoms. The van der Waals surface area contributed by atoms with Crippen molar-refractivity contribution in [2.24, 2.45) is 11.8 Å². The molecule has 0 aromatic carbocycles. The molecule has 126 valence electrons. The summed E-state index contributed by atoms with van der Waals surface area (Å²) in [4.78, 5) is 27.9. The number of aliphatic hydroxyl groups is 1. The number of aliphatic hydroxyl groups excluding tert-OH is 1. The second-order valence-corrected chi connectivity index (χ2v) is 7.77. The van der Waals surface area contributed by atoms with Crippen LogP contribution in [0.25, 0.3) is 0 Å². The van der Waals surface area contributed by atoms with Crippen LogP contribution in [0.4, 0.5) is 0 Å². The lowest BCUT2D eigenvalue weighted by Crippen LogP contribution is -2.63. The van der Waals surface area contributed by atoms with Gasteiger partial charge in [0.1, 0.15) is 5.70 Å². The molecule has 7 nitrogen and oxygen atoms in total. The Bertz CT molecular complexity index is 591. The molecule has 4 unspecified atom stereocenters. The number of rotatable bonds is 5. The van der Waals surface area contributed by atoms with Gasteiger partial charge in [-0.1, -0.05) is 6.92 Å². The van der Waals surface area contributed by atoms with Crippen LogP contribution < -0.4 is 0 Å². The van der Waals surface area contributed by atoms with Crippen LogP contribution in [0.3, 0.4) is 0 Å². The summed E-state index contributed by atoms with van der Waals surface area (Å²) in [5.74, 6) is -1.98. The number of carboxylic acids is 1. The number of carbonyl (C=O) groups excluding carboxylic acids is 1. The van der Waals surface area contributed by atoms with Crippen molar-refractivity contribution < 1.29 is 19.8 Å². The number of nitrogens with zero attached hydrogens (tertiary/aromatic N) is 2. The van der Waals surface area contributed by atoms with E-state index in [1.54, 1.807) is 6.92 Å². The molecule has 3 rings (SSSR count). The van der Waals surface area contributed by atoms with Gasteiger partial charge in [0.2, 0.25) is 5.91 Å². The first-order chi connectivity index (χ1) is 10.9. The zero-order valence-electron chi connectivity index (χ0n) is 13.1. The number of amides is 1. The fourth-order valence-electron chi connectivity index (χ4n) is 3.83. The van der Waals surface area contributed by atoms with Crippen LogP contribution >= 0.6 is 11.8 Å². The highest BCUT2D eigenvalue weighted by molar-refractivity contribution is 8.03. The van der Waals surface area contributed by atoms with Gasteiger partial charge in [0, 0.05) is 29.2 Å². The number of aliphatic carboxylic acids is 1. The normalized spacial score (nSPS) is 34.5. The molecule has 3 aliphatic heterocycles. The molecule has 23 heavy (non-hydrogen) atoms. The molecule has 0 aromatic rings. The molecule has 3 aliphatic rings. The molecule has 0 bridgehead atoms. The number of carboxylic acid groups (broad SMARTS) is 1. The summed E-state index contributed by atoms with van der Waals surface area (Å²) < 4.78 is 0. The van der Waals surface area contributed by atoms with Crippen LogP contribution in [0.15, 0.2) is 10.6 Å². The standard InChI is InChI=1S/C15H21N3O4S/c1-7-11-10(8(2)19)14(20)18(11)12(15(21)22)13(7)23-9-3-4-17(5-9)6-16/h6-11,16,19H,3-5H2,1-2H3,(H,21,22)/t7?,8?,9?,10?,11-/m1/s1. The number of β-lactam (4-membered cyclic amide) rings is 1. The molecule has 3 heterocycles.